The highest BCUT2D eigenvalue weighted by atomic mass is 16.3. The molecule has 18 heavy (non-hydrogen) atoms. The number of aliphatic hydroxyl groups is 1. The first-order valence-electron chi connectivity index (χ1n) is 6.10. The Morgan fingerprint density at radius 2 is 1.89 bits per heavy atom. The highest BCUT2D eigenvalue weighted by Gasteiger charge is 2.14. The normalized spacial score (nSPS) is 13.2. The Bertz CT molecular complexity index is 393. The fourth-order valence-corrected chi connectivity index (χ4v) is 1.54. The van der Waals surface area contributed by atoms with E-state index in [1.807, 2.05) is 12.1 Å². The number of hydrogen-bond acceptors (Lipinski definition) is 3. The van der Waals surface area contributed by atoms with Crippen LogP contribution in [0.5, 0.6) is 0 Å². The Balaban J connectivity index is 2.57. The topological polar surface area (TPSA) is 75.3 Å². The molecule has 0 aliphatic carbocycles. The summed E-state index contributed by atoms with van der Waals surface area (Å²) in [4.78, 5) is 11.3. The van der Waals surface area contributed by atoms with Crippen LogP contribution < -0.4 is 11.1 Å². The number of rotatable bonds is 4. The van der Waals surface area contributed by atoms with Crippen molar-refractivity contribution in [2.24, 2.45) is 5.73 Å². The van der Waals surface area contributed by atoms with E-state index in [1.165, 1.54) is 5.56 Å². The van der Waals surface area contributed by atoms with Crippen LogP contribution in [0, 0.1) is 0 Å². The molecule has 1 rings (SSSR count). The molecule has 1 amide bonds. The lowest BCUT2D eigenvalue weighted by Gasteiger charge is -2.19. The highest BCUT2D eigenvalue weighted by molar-refractivity contribution is 5.80. The second-order valence-electron chi connectivity index (χ2n) is 5.42. The number of aliphatic hydroxyl groups excluding tert-OH is 1. The molecule has 1 aromatic carbocycles. The van der Waals surface area contributed by atoms with E-state index < -0.39 is 12.0 Å². The number of nitrogens with one attached hydrogen (secondary N) is 1. The van der Waals surface area contributed by atoms with E-state index in [0.29, 0.717) is 6.54 Å². The largest absolute Gasteiger partial charge is 0.382 e. The van der Waals surface area contributed by atoms with Gasteiger partial charge in [0, 0.05) is 13.1 Å². The van der Waals surface area contributed by atoms with Crippen molar-refractivity contribution in [3.8, 4) is 0 Å². The van der Waals surface area contributed by atoms with Crippen molar-refractivity contribution in [1.29, 1.82) is 0 Å². The van der Waals surface area contributed by atoms with Crippen molar-refractivity contribution in [1.82, 2.24) is 5.32 Å². The van der Waals surface area contributed by atoms with Crippen LogP contribution in [0.3, 0.4) is 0 Å². The molecule has 4 N–H and O–H groups in total. The summed E-state index contributed by atoms with van der Waals surface area (Å²) >= 11 is 0. The Morgan fingerprint density at radius 3 is 2.33 bits per heavy atom. The summed E-state index contributed by atoms with van der Waals surface area (Å²) in [6.07, 6.45) is -1.13. The van der Waals surface area contributed by atoms with Crippen LogP contribution in [0.2, 0.25) is 0 Å². The van der Waals surface area contributed by atoms with Crippen molar-refractivity contribution >= 4 is 5.91 Å². The number of amides is 1. The van der Waals surface area contributed by atoms with E-state index in [9.17, 15) is 9.90 Å². The quantitative estimate of drug-likeness (QED) is 0.744. The smallest absolute Gasteiger partial charge is 0.250 e. The summed E-state index contributed by atoms with van der Waals surface area (Å²) in [6.45, 7) is 6.80. The van der Waals surface area contributed by atoms with Gasteiger partial charge in [-0.25, -0.2) is 0 Å². The van der Waals surface area contributed by atoms with Crippen molar-refractivity contribution in [3.05, 3.63) is 35.4 Å². The lowest BCUT2D eigenvalue weighted by molar-refractivity contribution is -0.128. The van der Waals surface area contributed by atoms with Gasteiger partial charge < -0.3 is 16.2 Å². The van der Waals surface area contributed by atoms with E-state index in [-0.39, 0.29) is 12.0 Å². The monoisotopic (exact) mass is 250 g/mol. The van der Waals surface area contributed by atoms with Gasteiger partial charge in [-0.1, -0.05) is 45.0 Å². The predicted molar refractivity (Wildman–Crippen MR) is 72.0 cm³/mol. The third-order valence-corrected chi connectivity index (χ3v) is 2.81. The van der Waals surface area contributed by atoms with Gasteiger partial charge in [0.2, 0.25) is 5.91 Å². The van der Waals surface area contributed by atoms with Crippen molar-refractivity contribution in [2.75, 3.05) is 6.54 Å². The Morgan fingerprint density at radius 1 is 1.33 bits per heavy atom. The van der Waals surface area contributed by atoms with Crippen molar-refractivity contribution in [2.45, 2.75) is 38.8 Å². The Labute approximate surface area is 108 Å². The molecular formula is C14H22N2O2. The number of carbonyl (C=O) groups excluding carboxylic acids is 1. The van der Waals surface area contributed by atoms with Gasteiger partial charge in [-0.15, -0.1) is 0 Å². The van der Waals surface area contributed by atoms with Gasteiger partial charge in [0.1, 0.15) is 6.10 Å². The summed E-state index contributed by atoms with van der Waals surface area (Å²) < 4.78 is 0. The second-order valence-corrected chi connectivity index (χ2v) is 5.42. The molecule has 0 aliphatic heterocycles. The summed E-state index contributed by atoms with van der Waals surface area (Å²) in [7, 11) is 0. The van der Waals surface area contributed by atoms with Crippen LogP contribution in [0.1, 0.15) is 31.9 Å². The minimum Gasteiger partial charge on any atom is -0.382 e. The van der Waals surface area contributed by atoms with Crippen LogP contribution in [-0.2, 0) is 16.8 Å². The van der Waals surface area contributed by atoms with Gasteiger partial charge in [0.05, 0.1) is 0 Å². The molecule has 4 nitrogen and oxygen atoms in total. The van der Waals surface area contributed by atoms with E-state index in [0.717, 1.165) is 5.56 Å². The summed E-state index contributed by atoms with van der Waals surface area (Å²) in [5, 5.41) is 11.9. The van der Waals surface area contributed by atoms with Gasteiger partial charge in [0.25, 0.3) is 0 Å². The lowest BCUT2D eigenvalue weighted by atomic mass is 9.87. The molecule has 0 heterocycles. The molecule has 0 spiro atoms. The van der Waals surface area contributed by atoms with E-state index in [4.69, 9.17) is 5.73 Å². The molecule has 4 heteroatoms. The van der Waals surface area contributed by atoms with Gasteiger partial charge in [-0.05, 0) is 16.5 Å². The average molecular weight is 250 g/mol. The molecule has 0 aromatic heterocycles. The van der Waals surface area contributed by atoms with E-state index in [1.54, 1.807) is 0 Å². The van der Waals surface area contributed by atoms with Crippen LogP contribution >= 0.6 is 0 Å². The van der Waals surface area contributed by atoms with Crippen LogP contribution in [0.25, 0.3) is 0 Å². The SMILES string of the molecule is CC(C)(C)c1ccc(CNC(=O)C(O)CN)cc1. The zero-order valence-electron chi connectivity index (χ0n) is 11.2. The number of hydrogen-bond donors (Lipinski definition) is 3. The average Bonchev–Trinajstić information content (AvgIpc) is 2.34. The number of carbonyl (C=O) groups is 1. The Kier molecular flexibility index (Phi) is 4.87. The first kappa shape index (κ1) is 14.7. The molecule has 0 radical (unpaired) electrons. The fourth-order valence-electron chi connectivity index (χ4n) is 1.54. The molecule has 100 valence electrons. The standard InChI is InChI=1S/C14H22N2O2/c1-14(2,3)11-6-4-10(5-7-11)9-16-13(18)12(17)8-15/h4-7,12,17H,8-9,15H2,1-3H3,(H,16,18). The molecular weight excluding hydrogens is 228 g/mol. The molecule has 0 saturated heterocycles. The first-order chi connectivity index (χ1) is 8.34. The maximum atomic E-state index is 11.3. The van der Waals surface area contributed by atoms with Crippen molar-refractivity contribution in [3.63, 3.8) is 0 Å². The van der Waals surface area contributed by atoms with E-state index >= 15 is 0 Å². The van der Waals surface area contributed by atoms with Crippen molar-refractivity contribution < 1.29 is 9.90 Å². The van der Waals surface area contributed by atoms with Crippen LogP contribution in [0.4, 0.5) is 0 Å². The first-order valence-corrected chi connectivity index (χ1v) is 6.10. The zero-order chi connectivity index (χ0) is 13.8. The number of nitrogens with two attached hydrogens (primary N) is 1. The molecule has 1 unspecified atom stereocenters. The molecule has 0 fully saturated rings. The summed E-state index contributed by atoms with van der Waals surface area (Å²) in [5.74, 6) is -0.433. The van der Waals surface area contributed by atoms with Gasteiger partial charge in [0.15, 0.2) is 0 Å². The maximum Gasteiger partial charge on any atom is 0.250 e. The van der Waals surface area contributed by atoms with Crippen LogP contribution in [0.15, 0.2) is 24.3 Å². The molecule has 1 atom stereocenters. The summed E-state index contributed by atoms with van der Waals surface area (Å²) in [5.41, 5.74) is 7.57. The minimum atomic E-state index is -1.13. The third kappa shape index (κ3) is 4.13. The maximum absolute atomic E-state index is 11.3. The highest BCUT2D eigenvalue weighted by Crippen LogP contribution is 2.22. The Hall–Kier alpha value is -1.39. The van der Waals surface area contributed by atoms with Gasteiger partial charge in [-0.3, -0.25) is 4.79 Å². The minimum absolute atomic E-state index is 0.0607. The fraction of sp³-hybridized carbons (Fsp3) is 0.500. The van der Waals surface area contributed by atoms with Gasteiger partial charge in [-0.2, -0.15) is 0 Å². The molecule has 0 saturated carbocycles. The predicted octanol–water partition coefficient (Wildman–Crippen LogP) is 0.920. The molecule has 0 aliphatic rings. The molecule has 0 bridgehead atoms. The lowest BCUT2D eigenvalue weighted by Crippen LogP contribution is -2.38. The van der Waals surface area contributed by atoms with E-state index in [2.05, 4.69) is 38.2 Å². The molecule has 1 aromatic rings. The second kappa shape index (κ2) is 5.98. The number of benzene rings is 1. The summed E-state index contributed by atoms with van der Waals surface area (Å²) in [6, 6.07) is 8.08. The third-order valence-electron chi connectivity index (χ3n) is 2.81. The van der Waals surface area contributed by atoms with Crippen LogP contribution in [-0.4, -0.2) is 23.7 Å². The van der Waals surface area contributed by atoms with Gasteiger partial charge >= 0.3 is 0 Å². The zero-order valence-corrected chi connectivity index (χ0v) is 11.2.